The Morgan fingerprint density at radius 2 is 1.90 bits per heavy atom. The van der Waals surface area contributed by atoms with Gasteiger partial charge in [-0.15, -0.1) is 0 Å². The average molecular weight is 392 g/mol. The number of aliphatic carboxylic acids is 1. The van der Waals surface area contributed by atoms with Crippen molar-refractivity contribution in [2.75, 3.05) is 6.54 Å². The molecule has 2 aromatic carbocycles. The fourth-order valence-electron chi connectivity index (χ4n) is 3.21. The molecule has 0 saturated carbocycles. The smallest absolute Gasteiger partial charge is 0.309 e. The molecule has 0 fully saturated rings. The third-order valence-electron chi connectivity index (χ3n) is 5.14. The summed E-state index contributed by atoms with van der Waals surface area (Å²) in [6, 6.07) is 18.6. The Balaban J connectivity index is 1.77. The van der Waals surface area contributed by atoms with Crippen LogP contribution in [0.3, 0.4) is 0 Å². The van der Waals surface area contributed by atoms with Crippen LogP contribution in [-0.2, 0) is 17.9 Å². The molecule has 0 unspecified atom stereocenters. The highest BCUT2D eigenvalue weighted by molar-refractivity contribution is 5.73. The van der Waals surface area contributed by atoms with Crippen LogP contribution in [0.1, 0.15) is 37.0 Å². The molecule has 0 saturated heterocycles. The van der Waals surface area contributed by atoms with Gasteiger partial charge in [0.25, 0.3) is 0 Å². The maximum absolute atomic E-state index is 11.3. The summed E-state index contributed by atoms with van der Waals surface area (Å²) in [6.45, 7) is 7.59. The molecule has 0 bridgehead atoms. The number of aromatic nitrogens is 2. The Labute approximate surface area is 172 Å². The molecule has 0 spiro atoms. The zero-order chi connectivity index (χ0) is 20.9. The fraction of sp³-hybridized carbons (Fsp3) is 0.333. The highest BCUT2D eigenvalue weighted by atomic mass is 16.4. The van der Waals surface area contributed by atoms with Crippen molar-refractivity contribution in [1.82, 2.24) is 15.1 Å². The molecule has 0 aliphatic carbocycles. The van der Waals surface area contributed by atoms with Gasteiger partial charge in [0.2, 0.25) is 0 Å². The number of rotatable bonds is 9. The summed E-state index contributed by atoms with van der Waals surface area (Å²) in [4.78, 5) is 11.3. The number of hydrogen-bond donors (Lipinski definition) is 2. The lowest BCUT2D eigenvalue weighted by Gasteiger charge is -2.18. The highest BCUT2D eigenvalue weighted by Gasteiger charge is 2.26. The van der Waals surface area contributed by atoms with E-state index in [2.05, 4.69) is 48.8 Å². The summed E-state index contributed by atoms with van der Waals surface area (Å²) in [5.41, 5.74) is 4.84. The molecule has 0 atom stereocenters. The van der Waals surface area contributed by atoms with Crippen LogP contribution in [-0.4, -0.2) is 27.4 Å². The Morgan fingerprint density at radius 3 is 2.59 bits per heavy atom. The second kappa shape index (κ2) is 9.05. The molecular weight excluding hydrogens is 362 g/mol. The van der Waals surface area contributed by atoms with Crippen molar-refractivity contribution < 1.29 is 9.90 Å². The topological polar surface area (TPSA) is 67.2 Å². The standard InChI is InChI=1S/C24H29N3O2/c1-18-8-7-11-20(14-18)22-21(15-25-13-12-24(2,3)23(28)29)17-27(26-22)16-19-9-5-4-6-10-19/h4-11,14,17,25H,12-13,15-16H2,1-3H3,(H,28,29). The van der Waals surface area contributed by atoms with Crippen LogP contribution in [0, 0.1) is 12.3 Å². The molecule has 0 aliphatic heterocycles. The largest absolute Gasteiger partial charge is 0.481 e. The van der Waals surface area contributed by atoms with Gasteiger partial charge in [-0.2, -0.15) is 5.10 Å². The highest BCUT2D eigenvalue weighted by Crippen LogP contribution is 2.24. The van der Waals surface area contributed by atoms with Gasteiger partial charge < -0.3 is 10.4 Å². The summed E-state index contributed by atoms with van der Waals surface area (Å²) >= 11 is 0. The van der Waals surface area contributed by atoms with Crippen molar-refractivity contribution in [2.24, 2.45) is 5.41 Å². The minimum absolute atomic E-state index is 0.570. The molecule has 152 valence electrons. The van der Waals surface area contributed by atoms with Crippen molar-refractivity contribution in [3.05, 3.63) is 77.5 Å². The number of carboxylic acids is 1. The van der Waals surface area contributed by atoms with E-state index in [4.69, 9.17) is 5.10 Å². The monoisotopic (exact) mass is 391 g/mol. The van der Waals surface area contributed by atoms with Crippen LogP contribution >= 0.6 is 0 Å². The maximum atomic E-state index is 11.3. The molecule has 0 aliphatic rings. The summed E-state index contributed by atoms with van der Waals surface area (Å²) in [5, 5.41) is 17.5. The molecule has 1 heterocycles. The first kappa shape index (κ1) is 20.8. The van der Waals surface area contributed by atoms with Crippen LogP contribution in [0.2, 0.25) is 0 Å². The average Bonchev–Trinajstić information content (AvgIpc) is 3.08. The summed E-state index contributed by atoms with van der Waals surface area (Å²) in [5.74, 6) is -0.768. The zero-order valence-electron chi connectivity index (χ0n) is 17.4. The van der Waals surface area contributed by atoms with Gasteiger partial charge in [0.15, 0.2) is 0 Å². The number of aryl methyl sites for hydroxylation is 1. The molecular formula is C24H29N3O2. The summed E-state index contributed by atoms with van der Waals surface area (Å²) in [7, 11) is 0. The van der Waals surface area contributed by atoms with Crippen LogP contribution in [0.4, 0.5) is 0 Å². The van der Waals surface area contributed by atoms with E-state index in [9.17, 15) is 9.90 Å². The van der Waals surface area contributed by atoms with Crippen molar-refractivity contribution in [1.29, 1.82) is 0 Å². The fourth-order valence-corrected chi connectivity index (χ4v) is 3.21. The first-order valence-corrected chi connectivity index (χ1v) is 9.96. The zero-order valence-corrected chi connectivity index (χ0v) is 17.4. The first-order chi connectivity index (χ1) is 13.8. The lowest BCUT2D eigenvalue weighted by molar-refractivity contribution is -0.147. The van der Waals surface area contributed by atoms with E-state index in [-0.39, 0.29) is 0 Å². The van der Waals surface area contributed by atoms with Crippen molar-refractivity contribution in [2.45, 2.75) is 40.3 Å². The molecule has 1 aromatic heterocycles. The normalized spacial score (nSPS) is 11.6. The Morgan fingerprint density at radius 1 is 1.14 bits per heavy atom. The Hall–Kier alpha value is -2.92. The van der Waals surface area contributed by atoms with E-state index in [1.54, 1.807) is 13.8 Å². The summed E-state index contributed by atoms with van der Waals surface area (Å²) < 4.78 is 1.98. The maximum Gasteiger partial charge on any atom is 0.309 e. The van der Waals surface area contributed by atoms with E-state index in [0.717, 1.165) is 16.8 Å². The lowest BCUT2D eigenvalue weighted by atomic mass is 9.90. The number of benzene rings is 2. The van der Waals surface area contributed by atoms with Crippen LogP contribution in [0.25, 0.3) is 11.3 Å². The minimum Gasteiger partial charge on any atom is -0.481 e. The van der Waals surface area contributed by atoms with Gasteiger partial charge in [0.1, 0.15) is 0 Å². The van der Waals surface area contributed by atoms with Gasteiger partial charge in [-0.1, -0.05) is 54.1 Å². The predicted octanol–water partition coefficient (Wildman–Crippen LogP) is 4.50. The van der Waals surface area contributed by atoms with E-state index in [1.807, 2.05) is 28.9 Å². The number of nitrogens with one attached hydrogen (secondary N) is 1. The second-order valence-corrected chi connectivity index (χ2v) is 8.17. The van der Waals surface area contributed by atoms with Crippen LogP contribution < -0.4 is 5.32 Å². The molecule has 29 heavy (non-hydrogen) atoms. The Kier molecular flexibility index (Phi) is 6.49. The molecule has 3 rings (SSSR count). The van der Waals surface area contributed by atoms with E-state index < -0.39 is 11.4 Å². The Bertz CT molecular complexity index is 961. The van der Waals surface area contributed by atoms with Gasteiger partial charge in [-0.05, 0) is 45.4 Å². The van der Waals surface area contributed by atoms with Crippen molar-refractivity contribution in [3.63, 3.8) is 0 Å². The SMILES string of the molecule is Cc1cccc(-c2nn(Cc3ccccc3)cc2CNCCC(C)(C)C(=O)O)c1. The van der Waals surface area contributed by atoms with Crippen molar-refractivity contribution >= 4 is 5.97 Å². The van der Waals surface area contributed by atoms with Crippen LogP contribution in [0.5, 0.6) is 0 Å². The predicted molar refractivity (Wildman–Crippen MR) is 116 cm³/mol. The quantitative estimate of drug-likeness (QED) is 0.527. The molecule has 3 aromatic rings. The lowest BCUT2D eigenvalue weighted by Crippen LogP contribution is -2.28. The molecule has 0 radical (unpaired) electrons. The minimum atomic E-state index is -0.768. The first-order valence-electron chi connectivity index (χ1n) is 9.96. The number of carbonyl (C=O) groups is 1. The van der Waals surface area contributed by atoms with Gasteiger partial charge in [0, 0.05) is 23.9 Å². The van der Waals surface area contributed by atoms with Crippen LogP contribution in [0.15, 0.2) is 60.8 Å². The molecule has 0 amide bonds. The van der Waals surface area contributed by atoms with Gasteiger partial charge in [-0.3, -0.25) is 9.48 Å². The van der Waals surface area contributed by atoms with Gasteiger partial charge in [0.05, 0.1) is 17.7 Å². The third-order valence-corrected chi connectivity index (χ3v) is 5.14. The van der Waals surface area contributed by atoms with E-state index in [1.165, 1.54) is 11.1 Å². The number of carboxylic acid groups (broad SMARTS) is 1. The molecule has 2 N–H and O–H groups in total. The van der Waals surface area contributed by atoms with Crippen molar-refractivity contribution in [3.8, 4) is 11.3 Å². The third kappa shape index (κ3) is 5.55. The van der Waals surface area contributed by atoms with E-state index >= 15 is 0 Å². The van der Waals surface area contributed by atoms with Gasteiger partial charge >= 0.3 is 5.97 Å². The number of hydrogen-bond acceptors (Lipinski definition) is 3. The molecule has 5 nitrogen and oxygen atoms in total. The molecule has 5 heteroatoms. The second-order valence-electron chi connectivity index (χ2n) is 8.17. The van der Waals surface area contributed by atoms with Gasteiger partial charge in [-0.25, -0.2) is 0 Å². The summed E-state index contributed by atoms with van der Waals surface area (Å²) in [6.07, 6.45) is 2.65. The number of nitrogens with zero attached hydrogens (tertiary/aromatic N) is 2. The van der Waals surface area contributed by atoms with E-state index in [0.29, 0.717) is 26.1 Å².